The van der Waals surface area contributed by atoms with Crippen LogP contribution in [0, 0.1) is 0 Å². The van der Waals surface area contributed by atoms with E-state index in [9.17, 15) is 14.4 Å². The molecule has 2 aromatic rings. The average molecular weight is 395 g/mol. The van der Waals surface area contributed by atoms with Crippen LogP contribution in [0.1, 0.15) is 41.6 Å². The number of rotatable bonds is 2. The Labute approximate surface area is 167 Å². The van der Waals surface area contributed by atoms with Gasteiger partial charge in [0.2, 0.25) is 11.8 Å². The average Bonchev–Trinajstić information content (AvgIpc) is 2.98. The third kappa shape index (κ3) is 2.68. The maximum Gasteiger partial charge on any atom is 0.259 e. The molecule has 0 bridgehead atoms. The summed E-state index contributed by atoms with van der Waals surface area (Å²) in [7, 11) is 1.99. The summed E-state index contributed by atoms with van der Waals surface area (Å²) in [5, 5.41) is 3.76. The third-order valence-electron chi connectivity index (χ3n) is 6.51. The molecule has 2 saturated heterocycles. The molecule has 1 N–H and O–H groups in total. The van der Waals surface area contributed by atoms with E-state index >= 15 is 4.39 Å². The van der Waals surface area contributed by atoms with Gasteiger partial charge in [-0.25, -0.2) is 4.39 Å². The first-order valence-electron chi connectivity index (χ1n) is 10.00. The van der Waals surface area contributed by atoms with Crippen molar-refractivity contribution in [1.29, 1.82) is 0 Å². The monoisotopic (exact) mass is 395 g/mol. The number of carbonyl (C=O) groups is 3. The maximum atomic E-state index is 15.9. The first kappa shape index (κ1) is 18.2. The molecule has 2 aromatic carbocycles. The van der Waals surface area contributed by atoms with Crippen LogP contribution in [0.15, 0.2) is 30.3 Å². The molecule has 1 unspecified atom stereocenters. The van der Waals surface area contributed by atoms with Crippen molar-refractivity contribution in [1.82, 2.24) is 10.2 Å². The third-order valence-corrected chi connectivity index (χ3v) is 6.51. The fourth-order valence-corrected chi connectivity index (χ4v) is 4.88. The summed E-state index contributed by atoms with van der Waals surface area (Å²) < 4.78 is 15.9. The van der Waals surface area contributed by atoms with E-state index in [1.807, 2.05) is 13.1 Å². The number of likely N-dealkylation sites (tertiary alicyclic amines) is 1. The summed E-state index contributed by atoms with van der Waals surface area (Å²) in [5.74, 6) is -1.05. The van der Waals surface area contributed by atoms with Gasteiger partial charge < -0.3 is 4.90 Å². The van der Waals surface area contributed by atoms with E-state index in [2.05, 4.69) is 10.2 Å². The number of hydrogen-bond acceptors (Lipinski definition) is 4. The highest BCUT2D eigenvalue weighted by atomic mass is 19.1. The van der Waals surface area contributed by atoms with Crippen LogP contribution in [0.4, 0.5) is 10.1 Å². The molecule has 29 heavy (non-hydrogen) atoms. The lowest BCUT2D eigenvalue weighted by molar-refractivity contribution is -0.134. The minimum absolute atomic E-state index is 0.193. The van der Waals surface area contributed by atoms with Crippen LogP contribution in [0.3, 0.4) is 0 Å². The second-order valence-electron chi connectivity index (χ2n) is 8.27. The Morgan fingerprint density at radius 3 is 2.59 bits per heavy atom. The first-order chi connectivity index (χ1) is 13.9. The summed E-state index contributed by atoms with van der Waals surface area (Å²) >= 11 is 0. The second kappa shape index (κ2) is 6.35. The second-order valence-corrected chi connectivity index (χ2v) is 8.27. The Morgan fingerprint density at radius 1 is 1.10 bits per heavy atom. The summed E-state index contributed by atoms with van der Waals surface area (Å²) in [6.07, 6.45) is 1.30. The van der Waals surface area contributed by atoms with Crippen LogP contribution in [0.5, 0.6) is 0 Å². The summed E-state index contributed by atoms with van der Waals surface area (Å²) in [6.45, 7) is 1.36. The summed E-state index contributed by atoms with van der Waals surface area (Å²) in [6, 6.07) is 8.15. The highest BCUT2D eigenvalue weighted by Gasteiger charge is 2.43. The van der Waals surface area contributed by atoms with Gasteiger partial charge in [0.1, 0.15) is 11.7 Å². The number of nitrogens with zero attached hydrogens (tertiary/aromatic N) is 2. The van der Waals surface area contributed by atoms with Crippen LogP contribution in [-0.4, -0.2) is 48.8 Å². The van der Waals surface area contributed by atoms with Gasteiger partial charge in [-0.05, 0) is 49.4 Å². The van der Waals surface area contributed by atoms with Crippen molar-refractivity contribution in [2.75, 3.05) is 25.0 Å². The Morgan fingerprint density at radius 2 is 1.86 bits per heavy atom. The number of hydrogen-bond donors (Lipinski definition) is 1. The van der Waals surface area contributed by atoms with Gasteiger partial charge in [0.25, 0.3) is 5.91 Å². The number of nitrogens with one attached hydrogen (secondary N) is 1. The lowest BCUT2D eigenvalue weighted by atomic mass is 9.83. The minimum atomic E-state index is -1.44. The van der Waals surface area contributed by atoms with E-state index in [0.29, 0.717) is 48.1 Å². The molecule has 7 heteroatoms. The standard InChI is InChI=1S/C22H22FN3O3/c1-25-11-9-22(23,10-12-25)15-6-5-14-19-13(15)3-2-4-16(19)26(21(14)29)17-7-8-18(27)24-20(17)28/h2-6,17H,7-12H2,1H3,(H,24,27,28). The van der Waals surface area contributed by atoms with E-state index in [0.717, 1.165) is 5.39 Å². The molecular formula is C22H22FN3O3. The molecule has 6 nitrogen and oxygen atoms in total. The van der Waals surface area contributed by atoms with Crippen LogP contribution < -0.4 is 10.2 Å². The Kier molecular flexibility index (Phi) is 4.00. The van der Waals surface area contributed by atoms with Crippen molar-refractivity contribution in [3.8, 4) is 0 Å². The highest BCUT2D eigenvalue weighted by Crippen LogP contribution is 2.46. The zero-order valence-corrected chi connectivity index (χ0v) is 16.2. The van der Waals surface area contributed by atoms with Gasteiger partial charge in [-0.2, -0.15) is 0 Å². The van der Waals surface area contributed by atoms with Gasteiger partial charge >= 0.3 is 0 Å². The van der Waals surface area contributed by atoms with Gasteiger partial charge in [-0.1, -0.05) is 18.2 Å². The van der Waals surface area contributed by atoms with Crippen molar-refractivity contribution in [3.05, 3.63) is 41.5 Å². The minimum Gasteiger partial charge on any atom is -0.306 e. The number of alkyl halides is 1. The molecule has 0 aromatic heterocycles. The zero-order valence-electron chi connectivity index (χ0n) is 16.2. The van der Waals surface area contributed by atoms with Gasteiger partial charge in [-0.15, -0.1) is 0 Å². The van der Waals surface area contributed by atoms with Gasteiger partial charge in [0.05, 0.1) is 5.69 Å². The van der Waals surface area contributed by atoms with Crippen molar-refractivity contribution in [3.63, 3.8) is 0 Å². The number of imide groups is 1. The number of piperidine rings is 2. The number of benzene rings is 2. The molecule has 1 atom stereocenters. The first-order valence-corrected chi connectivity index (χ1v) is 10.00. The Bertz CT molecular complexity index is 1060. The molecule has 5 rings (SSSR count). The topological polar surface area (TPSA) is 69.7 Å². The molecule has 0 radical (unpaired) electrons. The predicted molar refractivity (Wildman–Crippen MR) is 106 cm³/mol. The summed E-state index contributed by atoms with van der Waals surface area (Å²) in [4.78, 5) is 40.7. The molecule has 0 spiro atoms. The quantitative estimate of drug-likeness (QED) is 0.794. The Balaban J connectivity index is 1.62. The number of anilines is 1. The van der Waals surface area contributed by atoms with Crippen LogP contribution in [0.2, 0.25) is 0 Å². The van der Waals surface area contributed by atoms with Crippen molar-refractivity contribution < 1.29 is 18.8 Å². The van der Waals surface area contributed by atoms with E-state index in [4.69, 9.17) is 0 Å². The highest BCUT2D eigenvalue weighted by molar-refractivity contribution is 6.27. The van der Waals surface area contributed by atoms with Gasteiger partial charge in [0, 0.05) is 30.5 Å². The fraction of sp³-hybridized carbons (Fsp3) is 0.409. The van der Waals surface area contributed by atoms with Gasteiger partial charge in [-0.3, -0.25) is 24.6 Å². The van der Waals surface area contributed by atoms with E-state index in [1.165, 1.54) is 4.90 Å². The molecule has 3 aliphatic rings. The number of amides is 3. The van der Waals surface area contributed by atoms with Crippen molar-refractivity contribution in [2.24, 2.45) is 0 Å². The lowest BCUT2D eigenvalue weighted by Gasteiger charge is -2.35. The zero-order chi connectivity index (χ0) is 20.3. The predicted octanol–water partition coefficient (Wildman–Crippen LogP) is 2.50. The number of halogens is 1. The van der Waals surface area contributed by atoms with E-state index < -0.39 is 17.6 Å². The van der Waals surface area contributed by atoms with Crippen LogP contribution in [-0.2, 0) is 15.3 Å². The molecule has 150 valence electrons. The molecule has 3 aliphatic heterocycles. The molecule has 2 fully saturated rings. The molecule has 0 saturated carbocycles. The normalized spacial score (nSPS) is 24.3. The van der Waals surface area contributed by atoms with E-state index in [-0.39, 0.29) is 24.7 Å². The molecular weight excluding hydrogens is 373 g/mol. The van der Waals surface area contributed by atoms with Crippen molar-refractivity contribution in [2.45, 2.75) is 37.4 Å². The number of carbonyl (C=O) groups excluding carboxylic acids is 3. The van der Waals surface area contributed by atoms with Crippen molar-refractivity contribution >= 4 is 34.2 Å². The molecule has 3 heterocycles. The van der Waals surface area contributed by atoms with Crippen LogP contribution >= 0.6 is 0 Å². The molecule has 3 amide bonds. The van der Waals surface area contributed by atoms with Crippen LogP contribution in [0.25, 0.3) is 10.8 Å². The van der Waals surface area contributed by atoms with Gasteiger partial charge in [0.15, 0.2) is 0 Å². The lowest BCUT2D eigenvalue weighted by Crippen LogP contribution is -2.53. The SMILES string of the molecule is CN1CCC(F)(c2ccc3c4c(cccc24)N(C2CCC(=O)NC2=O)C3=O)CC1. The largest absolute Gasteiger partial charge is 0.306 e. The smallest absolute Gasteiger partial charge is 0.259 e. The maximum absolute atomic E-state index is 15.9. The van der Waals surface area contributed by atoms with E-state index in [1.54, 1.807) is 24.3 Å². The molecule has 0 aliphatic carbocycles. The summed E-state index contributed by atoms with van der Waals surface area (Å²) in [5.41, 5.74) is 0.287. The Hall–Kier alpha value is -2.80. The fourth-order valence-electron chi connectivity index (χ4n) is 4.88.